The van der Waals surface area contributed by atoms with Gasteiger partial charge in [-0.2, -0.15) is 0 Å². The van der Waals surface area contributed by atoms with Gasteiger partial charge in [-0.05, 0) is 74.2 Å². The Hall–Kier alpha value is -2.69. The van der Waals surface area contributed by atoms with Crippen LogP contribution in [0.5, 0.6) is 5.75 Å². The summed E-state index contributed by atoms with van der Waals surface area (Å²) in [4.78, 5) is 14.6. The highest BCUT2D eigenvalue weighted by atomic mass is 16.5. The van der Waals surface area contributed by atoms with E-state index in [0.717, 1.165) is 36.1 Å². The summed E-state index contributed by atoms with van der Waals surface area (Å²) >= 11 is 0. The maximum atomic E-state index is 12.2. The first-order valence-electron chi connectivity index (χ1n) is 9.75. The lowest BCUT2D eigenvalue weighted by molar-refractivity contribution is -0.114. The molecule has 2 aromatic rings. The minimum absolute atomic E-state index is 0.0663. The van der Waals surface area contributed by atoms with Crippen molar-refractivity contribution in [3.63, 3.8) is 0 Å². The lowest BCUT2D eigenvalue weighted by atomic mass is 9.99. The molecule has 1 saturated heterocycles. The number of piperidine rings is 1. The first-order chi connectivity index (χ1) is 13.1. The molecular formula is C22H29N3O2. The number of anilines is 3. The molecule has 1 fully saturated rings. The Kier molecular flexibility index (Phi) is 6.58. The van der Waals surface area contributed by atoms with E-state index in [4.69, 9.17) is 4.74 Å². The van der Waals surface area contributed by atoms with Crippen LogP contribution in [0.2, 0.25) is 0 Å². The summed E-state index contributed by atoms with van der Waals surface area (Å²) in [5, 5.41) is 6.06. The minimum atomic E-state index is -0.0663. The molecule has 0 radical (unpaired) electrons. The van der Waals surface area contributed by atoms with E-state index in [9.17, 15) is 4.79 Å². The summed E-state index contributed by atoms with van der Waals surface area (Å²) in [5.74, 6) is 1.59. The Labute approximate surface area is 161 Å². The number of carbonyl (C=O) groups is 1. The van der Waals surface area contributed by atoms with Crippen LogP contribution < -0.4 is 20.3 Å². The fourth-order valence-electron chi connectivity index (χ4n) is 3.25. The average molecular weight is 367 g/mol. The smallest absolute Gasteiger partial charge is 0.243 e. The molecule has 5 heteroatoms. The summed E-state index contributed by atoms with van der Waals surface area (Å²) in [7, 11) is 0. The van der Waals surface area contributed by atoms with E-state index in [1.165, 1.54) is 18.5 Å². The third-order valence-corrected chi connectivity index (χ3v) is 4.92. The van der Waals surface area contributed by atoms with Crippen LogP contribution in [0, 0.1) is 5.92 Å². The molecule has 0 saturated carbocycles. The normalized spacial score (nSPS) is 14.7. The van der Waals surface area contributed by atoms with Gasteiger partial charge in [0.25, 0.3) is 0 Å². The molecule has 2 aromatic carbocycles. The molecule has 2 N–H and O–H groups in total. The predicted octanol–water partition coefficient (Wildman–Crippen LogP) is 4.37. The van der Waals surface area contributed by atoms with Crippen LogP contribution in [-0.2, 0) is 4.79 Å². The van der Waals surface area contributed by atoms with E-state index in [1.54, 1.807) is 0 Å². The number of ether oxygens (including phenoxy) is 1. The Morgan fingerprint density at radius 2 is 1.67 bits per heavy atom. The molecule has 0 unspecified atom stereocenters. The van der Waals surface area contributed by atoms with Gasteiger partial charge in [0.2, 0.25) is 5.91 Å². The van der Waals surface area contributed by atoms with Crippen LogP contribution in [0.1, 0.15) is 26.7 Å². The van der Waals surface area contributed by atoms with Crippen molar-refractivity contribution in [2.45, 2.75) is 26.7 Å². The molecular weight excluding hydrogens is 338 g/mol. The van der Waals surface area contributed by atoms with Crippen LogP contribution in [0.4, 0.5) is 17.1 Å². The van der Waals surface area contributed by atoms with Crippen LogP contribution in [-0.4, -0.2) is 32.1 Å². The standard InChI is InChI=1S/C22H29N3O2/c1-3-27-21-10-6-18(7-11-21)23-16-22(26)24-19-4-8-20(9-5-19)25-14-12-17(2)13-15-25/h4-11,17,23H,3,12-16H2,1-2H3,(H,24,26). The van der Waals surface area contributed by atoms with Crippen LogP contribution in [0.3, 0.4) is 0 Å². The van der Waals surface area contributed by atoms with Gasteiger partial charge in [-0.3, -0.25) is 4.79 Å². The highest BCUT2D eigenvalue weighted by molar-refractivity contribution is 5.93. The number of nitrogens with one attached hydrogen (secondary N) is 2. The van der Waals surface area contributed by atoms with Gasteiger partial charge in [-0.15, -0.1) is 0 Å². The molecule has 3 rings (SSSR count). The molecule has 0 bridgehead atoms. The van der Waals surface area contributed by atoms with Gasteiger partial charge in [0.15, 0.2) is 0 Å². The van der Waals surface area contributed by atoms with Crippen LogP contribution >= 0.6 is 0 Å². The van der Waals surface area contributed by atoms with Gasteiger partial charge in [0, 0.05) is 30.2 Å². The minimum Gasteiger partial charge on any atom is -0.494 e. The van der Waals surface area contributed by atoms with Gasteiger partial charge in [-0.25, -0.2) is 0 Å². The molecule has 1 aliphatic rings. The van der Waals surface area contributed by atoms with Crippen molar-refractivity contribution in [1.29, 1.82) is 0 Å². The Balaban J connectivity index is 1.46. The molecule has 27 heavy (non-hydrogen) atoms. The molecule has 0 aromatic heterocycles. The summed E-state index contributed by atoms with van der Waals surface area (Å²) in [5.41, 5.74) is 2.94. The number of nitrogens with zero attached hydrogens (tertiary/aromatic N) is 1. The van der Waals surface area contributed by atoms with E-state index in [2.05, 4.69) is 34.6 Å². The number of carbonyl (C=O) groups excluding carboxylic acids is 1. The molecule has 5 nitrogen and oxygen atoms in total. The maximum Gasteiger partial charge on any atom is 0.243 e. The largest absolute Gasteiger partial charge is 0.494 e. The topological polar surface area (TPSA) is 53.6 Å². The SMILES string of the molecule is CCOc1ccc(NCC(=O)Nc2ccc(N3CCC(C)CC3)cc2)cc1. The summed E-state index contributed by atoms with van der Waals surface area (Å²) in [6, 6.07) is 15.7. The summed E-state index contributed by atoms with van der Waals surface area (Å²) in [6.45, 7) is 7.36. The van der Waals surface area contributed by atoms with Crippen LogP contribution in [0.15, 0.2) is 48.5 Å². The van der Waals surface area contributed by atoms with Gasteiger partial charge in [-0.1, -0.05) is 6.92 Å². The van der Waals surface area contributed by atoms with E-state index < -0.39 is 0 Å². The molecule has 1 amide bonds. The van der Waals surface area contributed by atoms with Crippen molar-refractivity contribution in [3.8, 4) is 5.75 Å². The number of hydrogen-bond acceptors (Lipinski definition) is 4. The van der Waals surface area contributed by atoms with E-state index in [1.807, 2.05) is 43.3 Å². The van der Waals surface area contributed by atoms with Gasteiger partial charge < -0.3 is 20.3 Å². The van der Waals surface area contributed by atoms with E-state index in [-0.39, 0.29) is 12.5 Å². The van der Waals surface area contributed by atoms with Crippen molar-refractivity contribution in [2.75, 3.05) is 41.8 Å². The van der Waals surface area contributed by atoms with Gasteiger partial charge in [0.05, 0.1) is 13.2 Å². The van der Waals surface area contributed by atoms with Crippen molar-refractivity contribution in [1.82, 2.24) is 0 Å². The Morgan fingerprint density at radius 3 is 2.30 bits per heavy atom. The van der Waals surface area contributed by atoms with Crippen molar-refractivity contribution < 1.29 is 9.53 Å². The molecule has 1 heterocycles. The second kappa shape index (κ2) is 9.31. The first-order valence-corrected chi connectivity index (χ1v) is 9.75. The molecule has 0 atom stereocenters. The molecule has 1 aliphatic heterocycles. The van der Waals surface area contributed by atoms with Crippen molar-refractivity contribution in [2.24, 2.45) is 5.92 Å². The summed E-state index contributed by atoms with van der Waals surface area (Å²) < 4.78 is 5.41. The van der Waals surface area contributed by atoms with Crippen LogP contribution in [0.25, 0.3) is 0 Å². The molecule has 0 aliphatic carbocycles. The van der Waals surface area contributed by atoms with Gasteiger partial charge >= 0.3 is 0 Å². The zero-order chi connectivity index (χ0) is 19.1. The fraction of sp³-hybridized carbons (Fsp3) is 0.409. The van der Waals surface area contributed by atoms with E-state index >= 15 is 0 Å². The zero-order valence-corrected chi connectivity index (χ0v) is 16.2. The Bertz CT molecular complexity index is 720. The number of amides is 1. The van der Waals surface area contributed by atoms with Crippen molar-refractivity contribution in [3.05, 3.63) is 48.5 Å². The predicted molar refractivity (Wildman–Crippen MR) is 112 cm³/mol. The first kappa shape index (κ1) is 19.1. The molecule has 144 valence electrons. The quantitative estimate of drug-likeness (QED) is 0.763. The summed E-state index contributed by atoms with van der Waals surface area (Å²) in [6.07, 6.45) is 2.49. The average Bonchev–Trinajstić information content (AvgIpc) is 2.69. The van der Waals surface area contributed by atoms with Crippen molar-refractivity contribution >= 4 is 23.0 Å². The second-order valence-corrected chi connectivity index (χ2v) is 7.08. The fourth-order valence-corrected chi connectivity index (χ4v) is 3.25. The highest BCUT2D eigenvalue weighted by Gasteiger charge is 2.15. The monoisotopic (exact) mass is 367 g/mol. The number of rotatable bonds is 7. The second-order valence-electron chi connectivity index (χ2n) is 7.08. The maximum absolute atomic E-state index is 12.2. The lowest BCUT2D eigenvalue weighted by Gasteiger charge is -2.32. The third kappa shape index (κ3) is 5.64. The lowest BCUT2D eigenvalue weighted by Crippen LogP contribution is -2.32. The number of benzene rings is 2. The van der Waals surface area contributed by atoms with Gasteiger partial charge in [0.1, 0.15) is 5.75 Å². The third-order valence-electron chi connectivity index (χ3n) is 4.92. The zero-order valence-electron chi connectivity index (χ0n) is 16.2. The van der Waals surface area contributed by atoms with E-state index in [0.29, 0.717) is 6.61 Å². The number of hydrogen-bond donors (Lipinski definition) is 2. The Morgan fingerprint density at radius 1 is 1.04 bits per heavy atom. The highest BCUT2D eigenvalue weighted by Crippen LogP contribution is 2.24. The molecule has 0 spiro atoms.